The van der Waals surface area contributed by atoms with Gasteiger partial charge in [0.25, 0.3) is 0 Å². The lowest BCUT2D eigenvalue weighted by molar-refractivity contribution is -0.113. The molecule has 0 saturated carbocycles. The Balaban J connectivity index is 1.46. The van der Waals surface area contributed by atoms with E-state index in [0.29, 0.717) is 23.2 Å². The minimum Gasteiger partial charge on any atom is -0.469 e. The van der Waals surface area contributed by atoms with Gasteiger partial charge in [-0.15, -0.1) is 10.2 Å². The van der Waals surface area contributed by atoms with Crippen molar-refractivity contribution in [2.45, 2.75) is 25.2 Å². The van der Waals surface area contributed by atoms with E-state index in [1.807, 2.05) is 47.9 Å². The summed E-state index contributed by atoms with van der Waals surface area (Å²) in [6, 6.07) is 17.4. The fourth-order valence-corrected chi connectivity index (χ4v) is 3.90. The summed E-state index contributed by atoms with van der Waals surface area (Å²) >= 11 is 1.25. The molecule has 0 radical (unpaired) electrons. The number of alkyl halides is 2. The molecule has 33 heavy (non-hydrogen) atoms. The number of carbonyl (C=O) groups excluding carboxylic acids is 1. The first-order valence-corrected chi connectivity index (χ1v) is 11.0. The average Bonchev–Trinajstić information content (AvgIpc) is 3.39. The number of nitrogens with one attached hydrogen (secondary N) is 1. The standard InChI is InChI=1S/C23H20F2N4O3S/c1-15-19(11-12-31-15)21-27-28-23(29(21)13-16-5-3-2-4-6-16)33-14-20(30)26-17-7-9-18(10-8-17)32-22(24)25/h2-12,22H,13-14H2,1H3,(H,26,30). The van der Waals surface area contributed by atoms with Gasteiger partial charge in [0, 0.05) is 5.69 Å². The zero-order valence-electron chi connectivity index (χ0n) is 17.6. The number of aryl methyl sites for hydroxylation is 1. The van der Waals surface area contributed by atoms with Crippen molar-refractivity contribution in [3.8, 4) is 17.1 Å². The van der Waals surface area contributed by atoms with Crippen molar-refractivity contribution in [1.82, 2.24) is 14.8 Å². The second kappa shape index (κ2) is 10.3. The van der Waals surface area contributed by atoms with Gasteiger partial charge in [-0.1, -0.05) is 42.1 Å². The lowest BCUT2D eigenvalue weighted by Gasteiger charge is -2.10. The normalized spacial score (nSPS) is 11.0. The molecular weight excluding hydrogens is 450 g/mol. The van der Waals surface area contributed by atoms with Gasteiger partial charge in [-0.25, -0.2) is 0 Å². The maximum Gasteiger partial charge on any atom is 0.387 e. The molecule has 0 atom stereocenters. The predicted molar refractivity (Wildman–Crippen MR) is 120 cm³/mol. The third kappa shape index (κ3) is 5.78. The van der Waals surface area contributed by atoms with Gasteiger partial charge in [0.2, 0.25) is 5.91 Å². The fraction of sp³-hybridized carbons (Fsp3) is 0.174. The summed E-state index contributed by atoms with van der Waals surface area (Å²) in [5.41, 5.74) is 2.38. The van der Waals surface area contributed by atoms with Crippen molar-refractivity contribution in [1.29, 1.82) is 0 Å². The number of hydrogen-bond donors (Lipinski definition) is 1. The van der Waals surface area contributed by atoms with E-state index in [1.165, 1.54) is 36.0 Å². The zero-order chi connectivity index (χ0) is 23.2. The van der Waals surface area contributed by atoms with Crippen LogP contribution in [0.2, 0.25) is 0 Å². The highest BCUT2D eigenvalue weighted by Crippen LogP contribution is 2.28. The number of thioether (sulfide) groups is 1. The monoisotopic (exact) mass is 470 g/mol. The molecule has 0 aliphatic carbocycles. The topological polar surface area (TPSA) is 82.2 Å². The van der Waals surface area contributed by atoms with Crippen LogP contribution in [0.15, 0.2) is 76.5 Å². The number of amides is 1. The van der Waals surface area contributed by atoms with E-state index >= 15 is 0 Å². The van der Waals surface area contributed by atoms with Gasteiger partial charge in [0.05, 0.1) is 24.1 Å². The molecule has 2 aromatic heterocycles. The molecule has 4 aromatic rings. The van der Waals surface area contributed by atoms with Crippen LogP contribution < -0.4 is 10.1 Å². The van der Waals surface area contributed by atoms with Gasteiger partial charge in [-0.2, -0.15) is 8.78 Å². The highest BCUT2D eigenvalue weighted by atomic mass is 32.2. The summed E-state index contributed by atoms with van der Waals surface area (Å²) in [4.78, 5) is 12.5. The number of benzene rings is 2. The Morgan fingerprint density at radius 3 is 2.55 bits per heavy atom. The Labute approximate surface area is 192 Å². The number of anilines is 1. The Morgan fingerprint density at radius 2 is 1.88 bits per heavy atom. The fourth-order valence-electron chi connectivity index (χ4n) is 3.17. The molecular formula is C23H20F2N4O3S. The van der Waals surface area contributed by atoms with Crippen LogP contribution in [-0.4, -0.2) is 33.0 Å². The van der Waals surface area contributed by atoms with Crippen molar-refractivity contribution in [3.05, 3.63) is 78.3 Å². The number of carbonyl (C=O) groups is 1. The molecule has 1 N–H and O–H groups in total. The highest BCUT2D eigenvalue weighted by Gasteiger charge is 2.19. The number of ether oxygens (including phenoxy) is 1. The third-order valence-corrected chi connectivity index (χ3v) is 5.66. The number of furan rings is 1. The van der Waals surface area contributed by atoms with Crippen LogP contribution in [0.5, 0.6) is 5.75 Å². The minimum absolute atomic E-state index is 0.0217. The molecule has 2 aromatic carbocycles. The van der Waals surface area contributed by atoms with Crippen LogP contribution in [0.1, 0.15) is 11.3 Å². The zero-order valence-corrected chi connectivity index (χ0v) is 18.4. The van der Waals surface area contributed by atoms with Gasteiger partial charge < -0.3 is 14.5 Å². The number of aromatic nitrogens is 3. The molecule has 0 bridgehead atoms. The van der Waals surface area contributed by atoms with E-state index in [9.17, 15) is 13.6 Å². The second-order valence-electron chi connectivity index (χ2n) is 7.01. The molecule has 0 aliphatic heterocycles. The van der Waals surface area contributed by atoms with Crippen LogP contribution in [-0.2, 0) is 11.3 Å². The van der Waals surface area contributed by atoms with Crippen LogP contribution in [0.25, 0.3) is 11.4 Å². The molecule has 1 amide bonds. The van der Waals surface area contributed by atoms with Crippen molar-refractivity contribution < 1.29 is 22.7 Å². The Bertz CT molecular complexity index is 1210. The van der Waals surface area contributed by atoms with Gasteiger partial charge in [-0.05, 0) is 42.8 Å². The molecule has 0 saturated heterocycles. The SMILES string of the molecule is Cc1occc1-c1nnc(SCC(=O)Nc2ccc(OC(F)F)cc2)n1Cc1ccccc1. The Hall–Kier alpha value is -3.66. The third-order valence-electron chi connectivity index (χ3n) is 4.70. The first-order chi connectivity index (χ1) is 16.0. The summed E-state index contributed by atoms with van der Waals surface area (Å²) in [7, 11) is 0. The van der Waals surface area contributed by atoms with Crippen LogP contribution in [0.4, 0.5) is 14.5 Å². The van der Waals surface area contributed by atoms with Crippen LogP contribution >= 0.6 is 11.8 Å². The summed E-state index contributed by atoms with van der Waals surface area (Å²) in [5.74, 6) is 1.23. The quantitative estimate of drug-likeness (QED) is 0.338. The number of hydrogen-bond acceptors (Lipinski definition) is 6. The van der Waals surface area contributed by atoms with Gasteiger partial charge in [-0.3, -0.25) is 9.36 Å². The minimum atomic E-state index is -2.90. The molecule has 170 valence electrons. The molecule has 0 fully saturated rings. The molecule has 0 unspecified atom stereocenters. The van der Waals surface area contributed by atoms with E-state index in [1.54, 1.807) is 6.26 Å². The predicted octanol–water partition coefficient (Wildman–Crippen LogP) is 5.23. The molecule has 4 rings (SSSR count). The maximum absolute atomic E-state index is 12.5. The maximum atomic E-state index is 12.5. The largest absolute Gasteiger partial charge is 0.469 e. The Morgan fingerprint density at radius 1 is 1.12 bits per heavy atom. The van der Waals surface area contributed by atoms with E-state index in [-0.39, 0.29) is 17.4 Å². The van der Waals surface area contributed by atoms with Gasteiger partial charge in [0.15, 0.2) is 11.0 Å². The summed E-state index contributed by atoms with van der Waals surface area (Å²) in [5, 5.41) is 11.9. The van der Waals surface area contributed by atoms with Gasteiger partial charge in [0.1, 0.15) is 11.5 Å². The summed E-state index contributed by atoms with van der Waals surface area (Å²) < 4.78 is 36.2. The van der Waals surface area contributed by atoms with Crippen molar-refractivity contribution in [2.24, 2.45) is 0 Å². The van der Waals surface area contributed by atoms with E-state index in [2.05, 4.69) is 20.3 Å². The number of rotatable bonds is 9. The van der Waals surface area contributed by atoms with Gasteiger partial charge >= 0.3 is 6.61 Å². The van der Waals surface area contributed by atoms with E-state index in [4.69, 9.17) is 4.42 Å². The number of nitrogens with zero attached hydrogens (tertiary/aromatic N) is 3. The lowest BCUT2D eigenvalue weighted by atomic mass is 10.2. The second-order valence-corrected chi connectivity index (χ2v) is 7.95. The molecule has 10 heteroatoms. The smallest absolute Gasteiger partial charge is 0.387 e. The average molecular weight is 471 g/mol. The Kier molecular flexibility index (Phi) is 7.04. The molecule has 0 aliphatic rings. The molecule has 0 spiro atoms. The molecule has 2 heterocycles. The highest BCUT2D eigenvalue weighted by molar-refractivity contribution is 7.99. The summed E-state index contributed by atoms with van der Waals surface area (Å²) in [6.07, 6.45) is 1.60. The first-order valence-electron chi connectivity index (χ1n) is 9.98. The van der Waals surface area contributed by atoms with Crippen molar-refractivity contribution in [2.75, 3.05) is 11.1 Å². The van der Waals surface area contributed by atoms with E-state index < -0.39 is 6.61 Å². The van der Waals surface area contributed by atoms with Crippen molar-refractivity contribution in [3.63, 3.8) is 0 Å². The lowest BCUT2D eigenvalue weighted by Crippen LogP contribution is -2.15. The van der Waals surface area contributed by atoms with Crippen molar-refractivity contribution >= 4 is 23.4 Å². The van der Waals surface area contributed by atoms with Crippen LogP contribution in [0.3, 0.4) is 0 Å². The van der Waals surface area contributed by atoms with Crippen LogP contribution in [0, 0.1) is 6.92 Å². The molecule has 7 nitrogen and oxygen atoms in total. The first kappa shape index (κ1) is 22.5. The van der Waals surface area contributed by atoms with E-state index in [0.717, 1.165) is 16.9 Å². The summed E-state index contributed by atoms with van der Waals surface area (Å²) in [6.45, 7) is -0.510. The number of halogens is 2.